The molecule has 1 N–H and O–H groups in total. The third-order valence-electron chi connectivity index (χ3n) is 6.22. The van der Waals surface area contributed by atoms with Gasteiger partial charge in [0.25, 0.3) is 0 Å². The summed E-state index contributed by atoms with van der Waals surface area (Å²) in [6.07, 6.45) is 0.999. The number of nitrogens with one attached hydrogen (secondary N) is 1. The summed E-state index contributed by atoms with van der Waals surface area (Å²) in [5, 5.41) is 2.89. The highest BCUT2D eigenvalue weighted by Gasteiger charge is 2.52. The van der Waals surface area contributed by atoms with E-state index in [0.29, 0.717) is 11.9 Å². The van der Waals surface area contributed by atoms with E-state index < -0.39 is 6.09 Å². The smallest absolute Gasteiger partial charge is 0.410 e. The monoisotopic (exact) mass is 365 g/mol. The second-order valence-electron chi connectivity index (χ2n) is 8.09. The summed E-state index contributed by atoms with van der Waals surface area (Å²) in [6.45, 7) is 7.34. The van der Waals surface area contributed by atoms with E-state index in [2.05, 4.69) is 42.2 Å². The molecule has 142 valence electrons. The Labute approximate surface area is 160 Å². The molecule has 1 unspecified atom stereocenters. The van der Waals surface area contributed by atoms with Crippen molar-refractivity contribution in [2.24, 2.45) is 0 Å². The number of aryl methyl sites for hydroxylation is 2. The van der Waals surface area contributed by atoms with Gasteiger partial charge in [0.15, 0.2) is 0 Å². The SMILES string of the molecule is Cc1cccc(C)c1NC(=O)Oc1ccc2c(c1)[C@]1(C)CCN(C)C1N2C. The summed E-state index contributed by atoms with van der Waals surface area (Å²) < 4.78 is 5.63. The molecule has 1 amide bonds. The van der Waals surface area contributed by atoms with Gasteiger partial charge in [-0.25, -0.2) is 4.79 Å². The fourth-order valence-electron chi connectivity index (χ4n) is 4.86. The topological polar surface area (TPSA) is 44.8 Å². The van der Waals surface area contributed by atoms with Crippen LogP contribution in [0.15, 0.2) is 36.4 Å². The number of carbonyl (C=O) groups is 1. The minimum atomic E-state index is -0.455. The first-order valence-electron chi connectivity index (χ1n) is 9.44. The number of para-hydroxylation sites is 1. The summed E-state index contributed by atoms with van der Waals surface area (Å²) in [4.78, 5) is 17.2. The molecule has 1 saturated heterocycles. The van der Waals surface area contributed by atoms with Crippen molar-refractivity contribution in [1.29, 1.82) is 0 Å². The summed E-state index contributed by atoms with van der Waals surface area (Å²) in [5.74, 6) is 0.585. The van der Waals surface area contributed by atoms with Crippen molar-refractivity contribution in [3.8, 4) is 5.75 Å². The van der Waals surface area contributed by atoms with Gasteiger partial charge in [-0.15, -0.1) is 0 Å². The molecule has 0 saturated carbocycles. The van der Waals surface area contributed by atoms with E-state index in [1.807, 2.05) is 44.2 Å². The van der Waals surface area contributed by atoms with Crippen LogP contribution in [0.5, 0.6) is 5.75 Å². The highest BCUT2D eigenvalue weighted by Crippen LogP contribution is 2.51. The Morgan fingerprint density at radius 3 is 2.59 bits per heavy atom. The van der Waals surface area contributed by atoms with Crippen molar-refractivity contribution in [3.63, 3.8) is 0 Å². The Morgan fingerprint density at radius 1 is 1.19 bits per heavy atom. The fourth-order valence-corrected chi connectivity index (χ4v) is 4.86. The second-order valence-corrected chi connectivity index (χ2v) is 8.09. The first-order valence-corrected chi connectivity index (χ1v) is 9.44. The number of hydrogen-bond donors (Lipinski definition) is 1. The van der Waals surface area contributed by atoms with E-state index in [0.717, 1.165) is 29.8 Å². The van der Waals surface area contributed by atoms with Crippen molar-refractivity contribution in [3.05, 3.63) is 53.1 Å². The Hall–Kier alpha value is -2.53. The number of nitrogens with zero attached hydrogens (tertiary/aromatic N) is 2. The molecular weight excluding hydrogens is 338 g/mol. The van der Waals surface area contributed by atoms with E-state index in [9.17, 15) is 4.79 Å². The number of fused-ring (bicyclic) bond motifs is 3. The van der Waals surface area contributed by atoms with Crippen LogP contribution in [-0.4, -0.2) is 37.8 Å². The van der Waals surface area contributed by atoms with Gasteiger partial charge in [0.1, 0.15) is 5.75 Å². The van der Waals surface area contributed by atoms with E-state index in [1.165, 1.54) is 11.3 Å². The van der Waals surface area contributed by atoms with Gasteiger partial charge in [0.05, 0.1) is 6.17 Å². The number of anilines is 2. The summed E-state index contributed by atoms with van der Waals surface area (Å²) in [5.41, 5.74) is 5.39. The van der Waals surface area contributed by atoms with Crippen LogP contribution in [0.2, 0.25) is 0 Å². The van der Waals surface area contributed by atoms with Crippen LogP contribution >= 0.6 is 0 Å². The minimum absolute atomic E-state index is 0.0568. The first-order chi connectivity index (χ1) is 12.8. The number of amides is 1. The summed E-state index contributed by atoms with van der Waals surface area (Å²) in [6, 6.07) is 11.9. The molecule has 4 rings (SSSR count). The number of likely N-dealkylation sites (tertiary alicyclic amines) is 1. The molecule has 2 aromatic carbocycles. The lowest BCUT2D eigenvalue weighted by molar-refractivity contribution is 0.215. The van der Waals surface area contributed by atoms with Crippen LogP contribution in [0.25, 0.3) is 0 Å². The van der Waals surface area contributed by atoms with Crippen molar-refractivity contribution >= 4 is 17.5 Å². The third kappa shape index (κ3) is 2.77. The van der Waals surface area contributed by atoms with Crippen LogP contribution in [0.4, 0.5) is 16.2 Å². The predicted octanol–water partition coefficient (Wildman–Crippen LogP) is 4.28. The van der Waals surface area contributed by atoms with E-state index in [1.54, 1.807) is 0 Å². The van der Waals surface area contributed by atoms with Gasteiger partial charge in [-0.3, -0.25) is 10.2 Å². The number of likely N-dealkylation sites (N-methyl/N-ethyl adjacent to an activating group) is 2. The van der Waals surface area contributed by atoms with E-state index >= 15 is 0 Å². The molecular formula is C22H27N3O2. The zero-order valence-electron chi connectivity index (χ0n) is 16.7. The van der Waals surface area contributed by atoms with Crippen molar-refractivity contribution < 1.29 is 9.53 Å². The van der Waals surface area contributed by atoms with Crippen LogP contribution in [0.3, 0.4) is 0 Å². The summed E-state index contributed by atoms with van der Waals surface area (Å²) >= 11 is 0. The number of benzene rings is 2. The molecule has 2 atom stereocenters. The maximum atomic E-state index is 12.5. The molecule has 27 heavy (non-hydrogen) atoms. The Bertz CT molecular complexity index is 890. The second kappa shape index (κ2) is 6.27. The van der Waals surface area contributed by atoms with Gasteiger partial charge in [-0.1, -0.05) is 25.1 Å². The van der Waals surface area contributed by atoms with Crippen LogP contribution < -0.4 is 15.0 Å². The lowest BCUT2D eigenvalue weighted by Crippen LogP contribution is -2.45. The van der Waals surface area contributed by atoms with Gasteiger partial charge in [-0.05, 0) is 62.2 Å². The first kappa shape index (κ1) is 17.9. The van der Waals surface area contributed by atoms with Crippen LogP contribution in [0, 0.1) is 13.8 Å². The van der Waals surface area contributed by atoms with Crippen molar-refractivity contribution in [2.75, 3.05) is 30.9 Å². The highest BCUT2D eigenvalue weighted by molar-refractivity contribution is 5.88. The Balaban J connectivity index is 1.57. The van der Waals surface area contributed by atoms with E-state index in [4.69, 9.17) is 4.74 Å². The van der Waals surface area contributed by atoms with Gasteiger partial charge in [0.2, 0.25) is 0 Å². The third-order valence-corrected chi connectivity index (χ3v) is 6.22. The average Bonchev–Trinajstić information content (AvgIpc) is 3.04. The molecule has 0 radical (unpaired) electrons. The van der Waals surface area contributed by atoms with Gasteiger partial charge < -0.3 is 9.64 Å². The molecule has 0 spiro atoms. The van der Waals surface area contributed by atoms with E-state index in [-0.39, 0.29) is 5.41 Å². The lowest BCUT2D eigenvalue weighted by Gasteiger charge is -2.32. The number of hydrogen-bond acceptors (Lipinski definition) is 4. The predicted molar refractivity (Wildman–Crippen MR) is 109 cm³/mol. The largest absolute Gasteiger partial charge is 0.417 e. The van der Waals surface area contributed by atoms with Crippen LogP contribution in [-0.2, 0) is 5.41 Å². The standard InChI is InChI=1S/C22H27N3O2/c1-14-7-6-8-15(2)19(14)23-21(26)27-16-9-10-18-17(13-16)22(3)11-12-24(4)20(22)25(18)5/h6-10,13,20H,11-12H2,1-5H3,(H,23,26)/t20?,22-/m0/s1. The molecule has 2 aliphatic heterocycles. The molecule has 2 aromatic rings. The lowest BCUT2D eigenvalue weighted by atomic mass is 9.81. The van der Waals surface area contributed by atoms with Gasteiger partial charge >= 0.3 is 6.09 Å². The quantitative estimate of drug-likeness (QED) is 0.863. The van der Waals surface area contributed by atoms with Crippen LogP contribution in [0.1, 0.15) is 30.0 Å². The molecule has 1 fully saturated rings. The molecule has 0 bridgehead atoms. The maximum absolute atomic E-state index is 12.5. The van der Waals surface area contributed by atoms with Gasteiger partial charge in [-0.2, -0.15) is 0 Å². The Kier molecular flexibility index (Phi) is 4.15. The molecule has 2 heterocycles. The number of rotatable bonds is 2. The molecule has 0 aliphatic carbocycles. The summed E-state index contributed by atoms with van der Waals surface area (Å²) in [7, 11) is 4.32. The number of ether oxygens (including phenoxy) is 1. The maximum Gasteiger partial charge on any atom is 0.417 e. The zero-order valence-corrected chi connectivity index (χ0v) is 16.7. The fraction of sp³-hybridized carbons (Fsp3) is 0.409. The molecule has 5 heteroatoms. The Morgan fingerprint density at radius 2 is 1.89 bits per heavy atom. The molecule has 2 aliphatic rings. The van der Waals surface area contributed by atoms with Crippen molar-refractivity contribution in [1.82, 2.24) is 4.90 Å². The normalized spacial score (nSPS) is 23.9. The zero-order chi connectivity index (χ0) is 19.3. The molecule has 0 aromatic heterocycles. The molecule has 5 nitrogen and oxygen atoms in total. The highest BCUT2D eigenvalue weighted by atomic mass is 16.6. The minimum Gasteiger partial charge on any atom is -0.410 e. The number of carbonyl (C=O) groups excluding carboxylic acids is 1. The van der Waals surface area contributed by atoms with Gasteiger partial charge in [0, 0.05) is 30.4 Å². The average molecular weight is 365 g/mol. The van der Waals surface area contributed by atoms with Crippen molar-refractivity contribution in [2.45, 2.75) is 38.8 Å².